The van der Waals surface area contributed by atoms with Crippen molar-refractivity contribution in [2.45, 2.75) is 63.0 Å². The van der Waals surface area contributed by atoms with Gasteiger partial charge in [0.25, 0.3) is 0 Å². The molecule has 3 nitrogen and oxygen atoms in total. The van der Waals surface area contributed by atoms with Crippen molar-refractivity contribution in [2.24, 2.45) is 5.92 Å². The Kier molecular flexibility index (Phi) is 7.86. The molecule has 0 unspecified atom stereocenters. The Morgan fingerprint density at radius 2 is 2.00 bits per heavy atom. The molecule has 1 aliphatic rings. The highest BCUT2D eigenvalue weighted by atomic mass is 32.2. The number of rotatable bonds is 7. The maximum Gasteiger partial charge on any atom is 0.244 e. The highest BCUT2D eigenvalue weighted by Gasteiger charge is 2.19. The van der Waals surface area contributed by atoms with Crippen LogP contribution in [0.2, 0.25) is 0 Å². The largest absolute Gasteiger partial charge is 0.393 e. The van der Waals surface area contributed by atoms with Gasteiger partial charge in [0, 0.05) is 17.0 Å². The van der Waals surface area contributed by atoms with Gasteiger partial charge < -0.3 is 10.4 Å². The molecule has 0 aromatic heterocycles. The zero-order valence-electron chi connectivity index (χ0n) is 14.7. The molecular formula is C20H29NO2S. The SMILES string of the molecule is CC(C)CCSc1ccccc1C=CC(=O)NC1CCC(O)CC1. The summed E-state index contributed by atoms with van der Waals surface area (Å²) >= 11 is 1.85. The Balaban J connectivity index is 1.87. The maximum absolute atomic E-state index is 12.1. The molecule has 4 heteroatoms. The maximum atomic E-state index is 12.1. The molecule has 0 radical (unpaired) electrons. The first-order valence-electron chi connectivity index (χ1n) is 8.93. The molecule has 1 aromatic carbocycles. The lowest BCUT2D eigenvalue weighted by molar-refractivity contribution is -0.117. The van der Waals surface area contributed by atoms with Crippen LogP contribution >= 0.6 is 11.8 Å². The Bertz CT molecular complexity index is 548. The number of hydrogen-bond donors (Lipinski definition) is 2. The molecule has 1 amide bonds. The molecule has 0 aliphatic heterocycles. The summed E-state index contributed by atoms with van der Waals surface area (Å²) in [5, 5.41) is 12.6. The Labute approximate surface area is 149 Å². The number of amides is 1. The van der Waals surface area contributed by atoms with Crippen molar-refractivity contribution in [1.29, 1.82) is 0 Å². The minimum absolute atomic E-state index is 0.0432. The summed E-state index contributed by atoms with van der Waals surface area (Å²) in [5.74, 6) is 1.76. The van der Waals surface area contributed by atoms with Crippen molar-refractivity contribution >= 4 is 23.7 Å². The molecule has 0 spiro atoms. The lowest BCUT2D eigenvalue weighted by Gasteiger charge is -2.25. The number of carbonyl (C=O) groups is 1. The van der Waals surface area contributed by atoms with Gasteiger partial charge in [-0.25, -0.2) is 0 Å². The van der Waals surface area contributed by atoms with Crippen molar-refractivity contribution in [3.63, 3.8) is 0 Å². The Morgan fingerprint density at radius 3 is 2.71 bits per heavy atom. The summed E-state index contributed by atoms with van der Waals surface area (Å²) < 4.78 is 0. The highest BCUT2D eigenvalue weighted by Crippen LogP contribution is 2.25. The molecule has 0 bridgehead atoms. The number of hydrogen-bond acceptors (Lipinski definition) is 3. The second kappa shape index (κ2) is 9.90. The van der Waals surface area contributed by atoms with E-state index in [1.54, 1.807) is 6.08 Å². The van der Waals surface area contributed by atoms with Crippen LogP contribution in [-0.2, 0) is 4.79 Å². The fraction of sp³-hybridized carbons (Fsp3) is 0.550. The van der Waals surface area contributed by atoms with Crippen molar-refractivity contribution < 1.29 is 9.90 Å². The average Bonchev–Trinajstić information content (AvgIpc) is 2.56. The van der Waals surface area contributed by atoms with Crippen LogP contribution in [0.5, 0.6) is 0 Å². The van der Waals surface area contributed by atoms with E-state index in [9.17, 15) is 9.90 Å². The number of carbonyl (C=O) groups excluding carboxylic acids is 1. The molecule has 2 rings (SSSR count). The van der Waals surface area contributed by atoms with E-state index < -0.39 is 0 Å². The smallest absolute Gasteiger partial charge is 0.244 e. The van der Waals surface area contributed by atoms with E-state index in [0.717, 1.165) is 37.0 Å². The van der Waals surface area contributed by atoms with Crippen LogP contribution in [0.15, 0.2) is 35.2 Å². The van der Waals surface area contributed by atoms with Gasteiger partial charge in [-0.1, -0.05) is 32.0 Å². The van der Waals surface area contributed by atoms with Gasteiger partial charge in [-0.3, -0.25) is 4.79 Å². The molecule has 1 aliphatic carbocycles. The van der Waals surface area contributed by atoms with Crippen molar-refractivity contribution in [1.82, 2.24) is 5.32 Å². The standard InChI is InChI=1S/C20H29NO2S/c1-15(2)13-14-24-19-6-4-3-5-16(19)7-12-20(23)21-17-8-10-18(22)11-9-17/h3-7,12,15,17-18,22H,8-11,13-14H2,1-2H3,(H,21,23). The van der Waals surface area contributed by atoms with E-state index in [1.165, 1.54) is 11.3 Å². The van der Waals surface area contributed by atoms with Gasteiger partial charge in [-0.2, -0.15) is 0 Å². The summed E-state index contributed by atoms with van der Waals surface area (Å²) in [6.07, 6.45) is 7.83. The van der Waals surface area contributed by atoms with Gasteiger partial charge in [-0.05, 0) is 61.5 Å². The molecule has 1 saturated carbocycles. The van der Waals surface area contributed by atoms with Gasteiger partial charge >= 0.3 is 0 Å². The summed E-state index contributed by atoms with van der Waals surface area (Å²) in [7, 11) is 0. The third kappa shape index (κ3) is 6.70. The number of aliphatic hydroxyl groups is 1. The minimum atomic E-state index is -0.191. The first-order valence-corrected chi connectivity index (χ1v) is 9.91. The number of aliphatic hydroxyl groups excluding tert-OH is 1. The third-order valence-corrected chi connectivity index (χ3v) is 5.45. The van der Waals surface area contributed by atoms with E-state index in [-0.39, 0.29) is 18.1 Å². The monoisotopic (exact) mass is 347 g/mol. The van der Waals surface area contributed by atoms with E-state index in [2.05, 4.69) is 31.3 Å². The van der Waals surface area contributed by atoms with E-state index in [4.69, 9.17) is 0 Å². The van der Waals surface area contributed by atoms with Crippen LogP contribution < -0.4 is 5.32 Å². The van der Waals surface area contributed by atoms with Crippen molar-refractivity contribution in [3.8, 4) is 0 Å². The fourth-order valence-electron chi connectivity index (χ4n) is 2.79. The zero-order valence-corrected chi connectivity index (χ0v) is 15.5. The normalized spacial score (nSPS) is 21.3. The summed E-state index contributed by atoms with van der Waals surface area (Å²) in [6.45, 7) is 4.47. The van der Waals surface area contributed by atoms with Crippen LogP contribution in [0.25, 0.3) is 6.08 Å². The van der Waals surface area contributed by atoms with Gasteiger partial charge in [0.1, 0.15) is 0 Å². The second-order valence-corrected chi connectivity index (χ2v) is 8.05. The third-order valence-electron chi connectivity index (χ3n) is 4.33. The molecule has 2 N–H and O–H groups in total. The highest BCUT2D eigenvalue weighted by molar-refractivity contribution is 7.99. The molecule has 1 fully saturated rings. The topological polar surface area (TPSA) is 49.3 Å². The van der Waals surface area contributed by atoms with Gasteiger partial charge in [0.05, 0.1) is 6.10 Å². The number of thioether (sulfide) groups is 1. The molecular weight excluding hydrogens is 318 g/mol. The average molecular weight is 348 g/mol. The molecule has 0 heterocycles. The molecule has 0 atom stereocenters. The first kappa shape index (κ1) is 19.1. The first-order chi connectivity index (χ1) is 11.5. The Hall–Kier alpha value is -1.26. The molecule has 24 heavy (non-hydrogen) atoms. The second-order valence-electron chi connectivity index (χ2n) is 6.92. The van der Waals surface area contributed by atoms with Crippen molar-refractivity contribution in [3.05, 3.63) is 35.9 Å². The zero-order chi connectivity index (χ0) is 17.4. The summed E-state index contributed by atoms with van der Waals surface area (Å²) in [4.78, 5) is 13.3. The van der Waals surface area contributed by atoms with E-state index in [1.807, 2.05) is 30.0 Å². The predicted octanol–water partition coefficient (Wildman–Crippen LogP) is 4.26. The summed E-state index contributed by atoms with van der Waals surface area (Å²) in [5.41, 5.74) is 1.10. The lowest BCUT2D eigenvalue weighted by Crippen LogP contribution is -2.37. The van der Waals surface area contributed by atoms with Gasteiger partial charge in [-0.15, -0.1) is 11.8 Å². The molecule has 0 saturated heterocycles. The Morgan fingerprint density at radius 1 is 1.29 bits per heavy atom. The van der Waals surface area contributed by atoms with Crippen molar-refractivity contribution in [2.75, 3.05) is 5.75 Å². The van der Waals surface area contributed by atoms with E-state index in [0.29, 0.717) is 5.92 Å². The van der Waals surface area contributed by atoms with E-state index >= 15 is 0 Å². The molecule has 1 aromatic rings. The van der Waals surface area contributed by atoms with Crippen LogP contribution in [0, 0.1) is 5.92 Å². The van der Waals surface area contributed by atoms with Crippen LogP contribution in [0.1, 0.15) is 51.5 Å². The van der Waals surface area contributed by atoms with Gasteiger partial charge in [0.15, 0.2) is 0 Å². The number of benzene rings is 1. The van der Waals surface area contributed by atoms with Crippen LogP contribution in [-0.4, -0.2) is 28.9 Å². The quantitative estimate of drug-likeness (QED) is 0.572. The molecule has 132 valence electrons. The predicted molar refractivity (Wildman–Crippen MR) is 102 cm³/mol. The number of nitrogens with one attached hydrogen (secondary N) is 1. The van der Waals surface area contributed by atoms with Crippen LogP contribution in [0.3, 0.4) is 0 Å². The summed E-state index contributed by atoms with van der Waals surface area (Å²) in [6, 6.07) is 8.42. The lowest BCUT2D eigenvalue weighted by atomic mass is 9.93. The van der Waals surface area contributed by atoms with Gasteiger partial charge in [0.2, 0.25) is 5.91 Å². The fourth-order valence-corrected chi connectivity index (χ4v) is 4.08. The minimum Gasteiger partial charge on any atom is -0.393 e. The van der Waals surface area contributed by atoms with Crippen LogP contribution in [0.4, 0.5) is 0 Å².